The summed E-state index contributed by atoms with van der Waals surface area (Å²) in [7, 11) is 0. The molecule has 0 aliphatic carbocycles. The van der Waals surface area contributed by atoms with Gasteiger partial charge in [-0.15, -0.1) is 11.3 Å². The minimum atomic E-state index is 0.0276. The van der Waals surface area contributed by atoms with E-state index in [1.807, 2.05) is 29.6 Å². The van der Waals surface area contributed by atoms with Crippen LogP contribution in [-0.4, -0.2) is 28.6 Å². The summed E-state index contributed by atoms with van der Waals surface area (Å²) in [6.45, 7) is 6.51. The van der Waals surface area contributed by atoms with Crippen LogP contribution < -0.4 is 10.1 Å². The van der Waals surface area contributed by atoms with Crippen molar-refractivity contribution in [2.45, 2.75) is 52.5 Å². The van der Waals surface area contributed by atoms with Gasteiger partial charge in [0.2, 0.25) is 0 Å². The van der Waals surface area contributed by atoms with Gasteiger partial charge in [0.1, 0.15) is 11.6 Å². The van der Waals surface area contributed by atoms with Crippen LogP contribution in [0, 0.1) is 13.8 Å². The van der Waals surface area contributed by atoms with E-state index in [4.69, 9.17) is 9.72 Å². The molecule has 34 heavy (non-hydrogen) atoms. The third-order valence-corrected chi connectivity index (χ3v) is 6.98. The molecule has 6 heteroatoms. The number of hydrogen-bond acceptors (Lipinski definition) is 4. The standard InChI is InChI=1S/C28H33N3O2S/c1-21-14-15-23(20-22(21)2)33-18-9-17-31-25-11-6-5-10-24(25)30-27(31)13-4-3-7-16-29-28(32)26-12-8-19-34-26/h5-6,8,10-12,14-15,19-20H,3-4,7,9,13,16-18H2,1-2H3,(H,29,32). The van der Waals surface area contributed by atoms with Crippen LogP contribution in [0.25, 0.3) is 11.0 Å². The normalized spacial score (nSPS) is 11.1. The second-order valence-corrected chi connectivity index (χ2v) is 9.61. The minimum Gasteiger partial charge on any atom is -0.494 e. The van der Waals surface area contributed by atoms with Crippen LogP contribution in [-0.2, 0) is 13.0 Å². The summed E-state index contributed by atoms with van der Waals surface area (Å²) in [5.74, 6) is 2.10. The zero-order valence-corrected chi connectivity index (χ0v) is 20.9. The molecular formula is C28H33N3O2S. The van der Waals surface area contributed by atoms with Crippen LogP contribution in [0.4, 0.5) is 0 Å². The summed E-state index contributed by atoms with van der Waals surface area (Å²) >= 11 is 1.48. The molecule has 0 aliphatic heterocycles. The maximum Gasteiger partial charge on any atom is 0.261 e. The Morgan fingerprint density at radius 2 is 1.88 bits per heavy atom. The summed E-state index contributed by atoms with van der Waals surface area (Å²) in [5.41, 5.74) is 4.78. The van der Waals surface area contributed by atoms with E-state index in [1.165, 1.54) is 28.0 Å². The molecule has 0 atom stereocenters. The van der Waals surface area contributed by atoms with Crippen LogP contribution >= 0.6 is 11.3 Å². The van der Waals surface area contributed by atoms with Gasteiger partial charge < -0.3 is 14.6 Å². The Labute approximate surface area is 205 Å². The van der Waals surface area contributed by atoms with Gasteiger partial charge in [-0.05, 0) is 79.9 Å². The van der Waals surface area contributed by atoms with Crippen molar-refractivity contribution < 1.29 is 9.53 Å². The fraction of sp³-hybridized carbons (Fsp3) is 0.357. The Hall–Kier alpha value is -3.12. The van der Waals surface area contributed by atoms with Gasteiger partial charge in [-0.1, -0.05) is 30.7 Å². The van der Waals surface area contributed by atoms with Gasteiger partial charge in [0.25, 0.3) is 5.91 Å². The quantitative estimate of drug-likeness (QED) is 0.244. The van der Waals surface area contributed by atoms with E-state index in [0.717, 1.165) is 60.6 Å². The molecule has 0 saturated heterocycles. The number of rotatable bonds is 12. The predicted octanol–water partition coefficient (Wildman–Crippen LogP) is 6.33. The first kappa shape index (κ1) is 24.0. The second-order valence-electron chi connectivity index (χ2n) is 8.66. The number of carbonyl (C=O) groups excluding carboxylic acids is 1. The molecule has 0 spiro atoms. The van der Waals surface area contributed by atoms with E-state index in [9.17, 15) is 4.79 Å². The Morgan fingerprint density at radius 1 is 1.00 bits per heavy atom. The summed E-state index contributed by atoms with van der Waals surface area (Å²) in [4.78, 5) is 17.7. The van der Waals surface area contributed by atoms with Crippen LogP contribution in [0.1, 0.15) is 52.3 Å². The number of hydrogen-bond donors (Lipinski definition) is 1. The molecule has 5 nitrogen and oxygen atoms in total. The zero-order valence-electron chi connectivity index (χ0n) is 20.0. The lowest BCUT2D eigenvalue weighted by atomic mass is 10.1. The topological polar surface area (TPSA) is 56.1 Å². The van der Waals surface area contributed by atoms with E-state index < -0.39 is 0 Å². The number of carbonyl (C=O) groups is 1. The summed E-state index contributed by atoms with van der Waals surface area (Å²) in [6.07, 6.45) is 4.95. The number of thiophene rings is 1. The number of imidazole rings is 1. The van der Waals surface area contributed by atoms with Crippen LogP contribution in [0.5, 0.6) is 5.75 Å². The number of benzene rings is 2. The van der Waals surface area contributed by atoms with Crippen molar-refractivity contribution in [3.63, 3.8) is 0 Å². The second kappa shape index (κ2) is 11.8. The zero-order chi connectivity index (χ0) is 23.8. The summed E-state index contributed by atoms with van der Waals surface area (Å²) in [6, 6.07) is 18.4. The fourth-order valence-corrected chi connectivity index (χ4v) is 4.70. The molecular weight excluding hydrogens is 442 g/mol. The third-order valence-electron chi connectivity index (χ3n) is 6.11. The largest absolute Gasteiger partial charge is 0.494 e. The molecule has 0 fully saturated rings. The Bertz CT molecular complexity index is 1210. The highest BCUT2D eigenvalue weighted by Gasteiger charge is 2.10. The highest BCUT2D eigenvalue weighted by atomic mass is 32.1. The lowest BCUT2D eigenvalue weighted by molar-refractivity contribution is 0.0957. The molecule has 0 radical (unpaired) electrons. The van der Waals surface area contributed by atoms with E-state index in [-0.39, 0.29) is 5.91 Å². The molecule has 2 aromatic carbocycles. The van der Waals surface area contributed by atoms with Crippen LogP contribution in [0.2, 0.25) is 0 Å². The third kappa shape index (κ3) is 6.26. The van der Waals surface area contributed by atoms with Crippen molar-refractivity contribution in [3.05, 3.63) is 81.8 Å². The molecule has 1 N–H and O–H groups in total. The van der Waals surface area contributed by atoms with Gasteiger partial charge in [-0.3, -0.25) is 4.79 Å². The number of ether oxygens (including phenoxy) is 1. The molecule has 1 amide bonds. The number of para-hydroxylation sites is 2. The Morgan fingerprint density at radius 3 is 2.71 bits per heavy atom. The van der Waals surface area contributed by atoms with Gasteiger partial charge in [-0.25, -0.2) is 4.98 Å². The van der Waals surface area contributed by atoms with Crippen LogP contribution in [0.15, 0.2) is 60.0 Å². The molecule has 2 heterocycles. The smallest absolute Gasteiger partial charge is 0.261 e. The van der Waals surface area contributed by atoms with Crippen molar-refractivity contribution in [1.82, 2.24) is 14.9 Å². The summed E-state index contributed by atoms with van der Waals surface area (Å²) < 4.78 is 8.34. The summed E-state index contributed by atoms with van der Waals surface area (Å²) in [5, 5.41) is 4.93. The number of nitrogens with one attached hydrogen (secondary N) is 1. The maximum atomic E-state index is 12.0. The van der Waals surface area contributed by atoms with Gasteiger partial charge >= 0.3 is 0 Å². The first-order chi connectivity index (χ1) is 16.6. The molecule has 4 rings (SSSR count). The molecule has 0 saturated carbocycles. The van der Waals surface area contributed by atoms with E-state index in [2.05, 4.69) is 54.1 Å². The fourth-order valence-electron chi connectivity index (χ4n) is 4.06. The maximum absolute atomic E-state index is 12.0. The van der Waals surface area contributed by atoms with Crippen molar-refractivity contribution in [2.75, 3.05) is 13.2 Å². The molecule has 4 aromatic rings. The molecule has 0 unspecified atom stereocenters. The highest BCUT2D eigenvalue weighted by Crippen LogP contribution is 2.20. The number of fused-ring (bicyclic) bond motifs is 1. The SMILES string of the molecule is Cc1ccc(OCCCn2c(CCCCCNC(=O)c3cccs3)nc3ccccc32)cc1C. The number of amides is 1. The predicted molar refractivity (Wildman–Crippen MR) is 140 cm³/mol. The van der Waals surface area contributed by atoms with Gasteiger partial charge in [-0.2, -0.15) is 0 Å². The molecule has 0 bridgehead atoms. The average molecular weight is 476 g/mol. The molecule has 178 valence electrons. The molecule has 0 aliphatic rings. The van der Waals surface area contributed by atoms with Crippen molar-refractivity contribution in [2.24, 2.45) is 0 Å². The van der Waals surface area contributed by atoms with Crippen molar-refractivity contribution in [1.29, 1.82) is 0 Å². The number of unbranched alkanes of at least 4 members (excludes halogenated alkanes) is 2. The van der Waals surface area contributed by atoms with E-state index >= 15 is 0 Å². The average Bonchev–Trinajstić information content (AvgIpc) is 3.50. The van der Waals surface area contributed by atoms with E-state index in [1.54, 1.807) is 0 Å². The Balaban J connectivity index is 1.25. The van der Waals surface area contributed by atoms with Gasteiger partial charge in [0.15, 0.2) is 0 Å². The number of aromatic nitrogens is 2. The monoisotopic (exact) mass is 475 g/mol. The number of nitrogens with zero attached hydrogens (tertiary/aromatic N) is 2. The van der Waals surface area contributed by atoms with Crippen LogP contribution in [0.3, 0.4) is 0 Å². The lowest BCUT2D eigenvalue weighted by Gasteiger charge is -2.11. The van der Waals surface area contributed by atoms with Crippen molar-refractivity contribution >= 4 is 28.3 Å². The van der Waals surface area contributed by atoms with Gasteiger partial charge in [0, 0.05) is 19.5 Å². The van der Waals surface area contributed by atoms with Crippen molar-refractivity contribution in [3.8, 4) is 5.75 Å². The first-order valence-electron chi connectivity index (χ1n) is 12.1. The van der Waals surface area contributed by atoms with E-state index in [0.29, 0.717) is 13.2 Å². The number of aryl methyl sites for hydroxylation is 4. The lowest BCUT2D eigenvalue weighted by Crippen LogP contribution is -2.23. The Kier molecular flexibility index (Phi) is 8.36. The van der Waals surface area contributed by atoms with Gasteiger partial charge in [0.05, 0.1) is 22.5 Å². The first-order valence-corrected chi connectivity index (χ1v) is 13.0. The molecule has 2 aromatic heterocycles. The minimum absolute atomic E-state index is 0.0276. The highest BCUT2D eigenvalue weighted by molar-refractivity contribution is 7.12.